The summed E-state index contributed by atoms with van der Waals surface area (Å²) in [6.45, 7) is 9.85. The number of piperidine rings is 1. The largest absolute Gasteiger partial charge is 0.480 e. The number of nitrogens with one attached hydrogen (secondary N) is 1. The second kappa shape index (κ2) is 6.66. The van der Waals surface area contributed by atoms with Crippen molar-refractivity contribution in [1.29, 1.82) is 0 Å². The fourth-order valence-electron chi connectivity index (χ4n) is 4.44. The molecule has 2 rings (SSSR count). The van der Waals surface area contributed by atoms with Gasteiger partial charge in [0.15, 0.2) is 0 Å². The molecule has 4 heteroatoms. The van der Waals surface area contributed by atoms with Crippen molar-refractivity contribution in [1.82, 2.24) is 10.2 Å². The number of hydrogen-bond donors (Lipinski definition) is 2. The zero-order valence-electron chi connectivity index (χ0n) is 14.1. The number of carboxylic acid groups (broad SMARTS) is 1. The van der Waals surface area contributed by atoms with Gasteiger partial charge in [-0.2, -0.15) is 0 Å². The standard InChI is InChI=1S/C17H32N2O2/c1-12(2)18-17(16(20)21)8-5-6-15(11-17)19-9-7-13(3)10-14(19)4/h12-15,18H,5-11H2,1-4H3,(H,20,21). The van der Waals surface area contributed by atoms with Gasteiger partial charge in [-0.25, -0.2) is 0 Å². The number of aliphatic carboxylic acids is 1. The van der Waals surface area contributed by atoms with Crippen LogP contribution < -0.4 is 5.32 Å². The predicted molar refractivity (Wildman–Crippen MR) is 85.5 cm³/mol. The molecular weight excluding hydrogens is 264 g/mol. The summed E-state index contributed by atoms with van der Waals surface area (Å²) in [6.07, 6.45) is 6.16. The minimum Gasteiger partial charge on any atom is -0.480 e. The normalized spacial score (nSPS) is 38.6. The number of carbonyl (C=O) groups is 1. The van der Waals surface area contributed by atoms with E-state index in [4.69, 9.17) is 0 Å². The molecule has 4 atom stereocenters. The summed E-state index contributed by atoms with van der Waals surface area (Å²) in [6, 6.07) is 1.21. The first-order valence-electron chi connectivity index (χ1n) is 8.61. The first-order valence-corrected chi connectivity index (χ1v) is 8.61. The van der Waals surface area contributed by atoms with E-state index in [9.17, 15) is 9.90 Å². The Hall–Kier alpha value is -0.610. The molecule has 1 aliphatic heterocycles. The molecule has 21 heavy (non-hydrogen) atoms. The van der Waals surface area contributed by atoms with Crippen LogP contribution in [0, 0.1) is 5.92 Å². The average molecular weight is 296 g/mol. The summed E-state index contributed by atoms with van der Waals surface area (Å²) >= 11 is 0. The van der Waals surface area contributed by atoms with Crippen molar-refractivity contribution in [3.8, 4) is 0 Å². The summed E-state index contributed by atoms with van der Waals surface area (Å²) < 4.78 is 0. The quantitative estimate of drug-likeness (QED) is 0.837. The Morgan fingerprint density at radius 2 is 2.05 bits per heavy atom. The summed E-state index contributed by atoms with van der Waals surface area (Å²) in [7, 11) is 0. The SMILES string of the molecule is CC1CCN(C2CCCC(NC(C)C)(C(=O)O)C2)C(C)C1. The third-order valence-corrected chi connectivity index (χ3v) is 5.36. The molecule has 2 N–H and O–H groups in total. The topological polar surface area (TPSA) is 52.6 Å². The number of rotatable bonds is 4. The van der Waals surface area contributed by atoms with Gasteiger partial charge in [0.25, 0.3) is 0 Å². The Morgan fingerprint density at radius 1 is 1.33 bits per heavy atom. The van der Waals surface area contributed by atoms with Crippen LogP contribution in [0.1, 0.15) is 66.2 Å². The van der Waals surface area contributed by atoms with E-state index in [1.165, 1.54) is 12.8 Å². The molecule has 2 aliphatic rings. The van der Waals surface area contributed by atoms with Crippen molar-refractivity contribution in [2.75, 3.05) is 6.54 Å². The van der Waals surface area contributed by atoms with Gasteiger partial charge in [0.2, 0.25) is 0 Å². The highest BCUT2D eigenvalue weighted by atomic mass is 16.4. The van der Waals surface area contributed by atoms with E-state index in [0.717, 1.165) is 38.1 Å². The van der Waals surface area contributed by atoms with Crippen LogP contribution in [0.3, 0.4) is 0 Å². The molecule has 0 amide bonds. The molecule has 0 radical (unpaired) electrons. The Morgan fingerprint density at radius 3 is 2.62 bits per heavy atom. The molecule has 1 heterocycles. The van der Waals surface area contributed by atoms with Gasteiger partial charge in [-0.1, -0.05) is 6.92 Å². The average Bonchev–Trinajstić information content (AvgIpc) is 2.37. The van der Waals surface area contributed by atoms with Crippen LogP contribution in [0.25, 0.3) is 0 Å². The summed E-state index contributed by atoms with van der Waals surface area (Å²) in [5.41, 5.74) is -0.722. The van der Waals surface area contributed by atoms with Gasteiger partial charge in [-0.3, -0.25) is 15.0 Å². The molecule has 0 aromatic rings. The van der Waals surface area contributed by atoms with Crippen molar-refractivity contribution >= 4 is 5.97 Å². The first-order chi connectivity index (χ1) is 9.84. The van der Waals surface area contributed by atoms with E-state index in [-0.39, 0.29) is 6.04 Å². The van der Waals surface area contributed by atoms with Gasteiger partial charge < -0.3 is 5.11 Å². The van der Waals surface area contributed by atoms with E-state index in [0.29, 0.717) is 12.1 Å². The highest BCUT2D eigenvalue weighted by Crippen LogP contribution is 2.35. The van der Waals surface area contributed by atoms with E-state index in [2.05, 4.69) is 24.1 Å². The fraction of sp³-hybridized carbons (Fsp3) is 0.941. The lowest BCUT2D eigenvalue weighted by Gasteiger charge is -2.48. The Balaban J connectivity index is 2.10. The monoisotopic (exact) mass is 296 g/mol. The molecular formula is C17H32N2O2. The fourth-order valence-corrected chi connectivity index (χ4v) is 4.44. The Kier molecular flexibility index (Phi) is 5.31. The van der Waals surface area contributed by atoms with Crippen LogP contribution in [-0.2, 0) is 4.79 Å². The van der Waals surface area contributed by atoms with Crippen molar-refractivity contribution < 1.29 is 9.90 Å². The maximum atomic E-state index is 11.9. The molecule has 4 nitrogen and oxygen atoms in total. The number of hydrogen-bond acceptors (Lipinski definition) is 3. The molecule has 2 fully saturated rings. The van der Waals surface area contributed by atoms with Crippen molar-refractivity contribution in [2.24, 2.45) is 5.92 Å². The summed E-state index contributed by atoms with van der Waals surface area (Å²) in [4.78, 5) is 14.5. The lowest BCUT2D eigenvalue weighted by molar-refractivity contribution is -0.148. The molecule has 1 saturated heterocycles. The van der Waals surface area contributed by atoms with E-state index in [1.807, 2.05) is 13.8 Å². The molecule has 122 valence electrons. The van der Waals surface area contributed by atoms with Crippen LogP contribution in [0.15, 0.2) is 0 Å². The molecule has 4 unspecified atom stereocenters. The maximum Gasteiger partial charge on any atom is 0.323 e. The molecule has 0 aromatic carbocycles. The lowest BCUT2D eigenvalue weighted by atomic mass is 9.76. The molecule has 1 aliphatic carbocycles. The Labute approximate surface area is 129 Å². The second-order valence-corrected chi connectivity index (χ2v) is 7.65. The van der Waals surface area contributed by atoms with E-state index < -0.39 is 11.5 Å². The molecule has 0 spiro atoms. The van der Waals surface area contributed by atoms with E-state index in [1.54, 1.807) is 0 Å². The van der Waals surface area contributed by atoms with Gasteiger partial charge in [0.1, 0.15) is 5.54 Å². The lowest BCUT2D eigenvalue weighted by Crippen LogP contribution is -2.61. The molecule has 0 aromatic heterocycles. The zero-order chi connectivity index (χ0) is 15.6. The van der Waals surface area contributed by atoms with Gasteiger partial charge in [-0.15, -0.1) is 0 Å². The third kappa shape index (κ3) is 3.78. The third-order valence-electron chi connectivity index (χ3n) is 5.36. The Bertz CT molecular complexity index is 372. The van der Waals surface area contributed by atoms with Gasteiger partial charge in [-0.05, 0) is 71.8 Å². The zero-order valence-corrected chi connectivity index (χ0v) is 14.1. The smallest absolute Gasteiger partial charge is 0.323 e. The van der Waals surface area contributed by atoms with Crippen LogP contribution in [0.4, 0.5) is 0 Å². The minimum absolute atomic E-state index is 0.207. The second-order valence-electron chi connectivity index (χ2n) is 7.65. The highest BCUT2D eigenvalue weighted by Gasteiger charge is 2.45. The van der Waals surface area contributed by atoms with Gasteiger partial charge in [0, 0.05) is 18.1 Å². The van der Waals surface area contributed by atoms with Crippen LogP contribution >= 0.6 is 0 Å². The number of likely N-dealkylation sites (tertiary alicyclic amines) is 1. The predicted octanol–water partition coefficient (Wildman–Crippen LogP) is 2.87. The number of carboxylic acids is 1. The van der Waals surface area contributed by atoms with Crippen LogP contribution in [0.5, 0.6) is 0 Å². The van der Waals surface area contributed by atoms with Crippen LogP contribution in [-0.4, -0.2) is 46.2 Å². The summed E-state index contributed by atoms with van der Waals surface area (Å²) in [5.74, 6) is 0.136. The maximum absolute atomic E-state index is 11.9. The van der Waals surface area contributed by atoms with E-state index >= 15 is 0 Å². The van der Waals surface area contributed by atoms with Crippen molar-refractivity contribution in [3.63, 3.8) is 0 Å². The van der Waals surface area contributed by atoms with Gasteiger partial charge >= 0.3 is 5.97 Å². The minimum atomic E-state index is -0.722. The number of nitrogens with zero attached hydrogens (tertiary/aromatic N) is 1. The molecule has 0 bridgehead atoms. The highest BCUT2D eigenvalue weighted by molar-refractivity contribution is 5.79. The van der Waals surface area contributed by atoms with Crippen LogP contribution in [0.2, 0.25) is 0 Å². The van der Waals surface area contributed by atoms with Crippen molar-refractivity contribution in [2.45, 2.75) is 89.9 Å². The summed E-state index contributed by atoms with van der Waals surface area (Å²) in [5, 5.41) is 13.1. The van der Waals surface area contributed by atoms with Crippen molar-refractivity contribution in [3.05, 3.63) is 0 Å². The van der Waals surface area contributed by atoms with Gasteiger partial charge in [0.05, 0.1) is 0 Å². The first kappa shape index (κ1) is 16.8. The molecule has 1 saturated carbocycles.